The summed E-state index contributed by atoms with van der Waals surface area (Å²) in [6, 6.07) is 10.6. The maximum atomic E-state index is 13.2. The Morgan fingerprint density at radius 2 is 1.75 bits per heavy atom. The molecular weight excluding hydrogens is 443 g/mol. The third kappa shape index (κ3) is 4.91. The Labute approximate surface area is 189 Å². The van der Waals surface area contributed by atoms with Crippen LogP contribution in [0.2, 0.25) is 5.02 Å². The van der Waals surface area contributed by atoms with Crippen molar-refractivity contribution in [1.29, 1.82) is 0 Å². The summed E-state index contributed by atoms with van der Waals surface area (Å²) < 4.78 is 39.4. The van der Waals surface area contributed by atoms with Crippen LogP contribution >= 0.6 is 11.6 Å². The molecule has 2 heterocycles. The summed E-state index contributed by atoms with van der Waals surface area (Å²) in [4.78, 5) is 29.5. The molecule has 0 bridgehead atoms. The molecule has 32 heavy (non-hydrogen) atoms. The van der Waals surface area contributed by atoms with E-state index < -0.39 is 28.7 Å². The van der Waals surface area contributed by atoms with Crippen molar-refractivity contribution in [3.05, 3.63) is 64.2 Å². The van der Waals surface area contributed by atoms with Crippen LogP contribution in [-0.4, -0.2) is 47.3 Å². The van der Waals surface area contributed by atoms with Crippen molar-refractivity contribution >= 4 is 29.1 Å². The second-order valence-electron chi connectivity index (χ2n) is 8.17. The fraction of sp³-hybridized carbons (Fsp3) is 0.391. The normalized spacial score (nSPS) is 19.0. The first-order valence-electron chi connectivity index (χ1n) is 10.5. The van der Waals surface area contributed by atoms with Crippen molar-refractivity contribution in [3.63, 3.8) is 0 Å². The molecule has 0 unspecified atom stereocenters. The van der Waals surface area contributed by atoms with E-state index in [-0.39, 0.29) is 18.1 Å². The quantitative estimate of drug-likeness (QED) is 0.730. The van der Waals surface area contributed by atoms with E-state index in [9.17, 15) is 22.8 Å². The van der Waals surface area contributed by atoms with Crippen molar-refractivity contribution in [2.45, 2.75) is 38.0 Å². The van der Waals surface area contributed by atoms with Crippen LogP contribution < -0.4 is 5.32 Å². The average Bonchev–Trinajstić information content (AvgIpc) is 3.28. The van der Waals surface area contributed by atoms with Gasteiger partial charge in [-0.05, 0) is 48.6 Å². The minimum absolute atomic E-state index is 0.00402. The Balaban J connectivity index is 1.51. The van der Waals surface area contributed by atoms with Gasteiger partial charge in [0.25, 0.3) is 0 Å². The number of carbonyl (C=O) groups is 2. The lowest BCUT2D eigenvalue weighted by Gasteiger charge is -2.37. The SMILES string of the molecule is O=C(CN1Cc2ccccc2C[C@H]1C(=O)N1CCCC1)Nc1ccc(Cl)c(C(F)(F)F)c1. The van der Waals surface area contributed by atoms with Crippen LogP contribution in [0.5, 0.6) is 0 Å². The van der Waals surface area contributed by atoms with E-state index >= 15 is 0 Å². The molecule has 0 aliphatic carbocycles. The lowest BCUT2D eigenvalue weighted by Crippen LogP contribution is -2.52. The lowest BCUT2D eigenvalue weighted by molar-refractivity contribution is -0.138. The van der Waals surface area contributed by atoms with Crippen LogP contribution in [-0.2, 0) is 28.7 Å². The van der Waals surface area contributed by atoms with Crippen molar-refractivity contribution in [3.8, 4) is 0 Å². The highest BCUT2D eigenvalue weighted by molar-refractivity contribution is 6.31. The van der Waals surface area contributed by atoms with Crippen LogP contribution in [0.3, 0.4) is 0 Å². The largest absolute Gasteiger partial charge is 0.417 e. The van der Waals surface area contributed by atoms with Gasteiger partial charge in [0.1, 0.15) is 0 Å². The number of hydrogen-bond donors (Lipinski definition) is 1. The van der Waals surface area contributed by atoms with Gasteiger partial charge in [0.2, 0.25) is 11.8 Å². The lowest BCUT2D eigenvalue weighted by atomic mass is 9.93. The number of halogens is 4. The van der Waals surface area contributed by atoms with Gasteiger partial charge in [-0.2, -0.15) is 13.2 Å². The zero-order chi connectivity index (χ0) is 22.9. The van der Waals surface area contributed by atoms with E-state index in [1.807, 2.05) is 29.2 Å². The second kappa shape index (κ2) is 9.11. The summed E-state index contributed by atoms with van der Waals surface area (Å²) in [5.41, 5.74) is 1.11. The van der Waals surface area contributed by atoms with E-state index in [0.29, 0.717) is 26.1 Å². The Hall–Kier alpha value is -2.58. The van der Waals surface area contributed by atoms with Crippen LogP contribution in [0.15, 0.2) is 42.5 Å². The molecule has 0 spiro atoms. The summed E-state index contributed by atoms with van der Waals surface area (Å²) in [6.07, 6.45) is -2.19. The molecule has 4 rings (SSSR count). The van der Waals surface area contributed by atoms with Crippen LogP contribution in [0.1, 0.15) is 29.5 Å². The van der Waals surface area contributed by atoms with Crippen molar-refractivity contribution in [2.75, 3.05) is 25.0 Å². The molecule has 0 radical (unpaired) electrons. The van der Waals surface area contributed by atoms with Crippen molar-refractivity contribution in [2.24, 2.45) is 0 Å². The van der Waals surface area contributed by atoms with E-state index in [2.05, 4.69) is 5.32 Å². The summed E-state index contributed by atoms with van der Waals surface area (Å²) in [5.74, 6) is -0.491. The monoisotopic (exact) mass is 465 g/mol. The first-order valence-corrected chi connectivity index (χ1v) is 10.9. The molecular formula is C23H23ClF3N3O2. The molecule has 0 saturated carbocycles. The fourth-order valence-corrected chi connectivity index (χ4v) is 4.57. The third-order valence-corrected chi connectivity index (χ3v) is 6.28. The maximum Gasteiger partial charge on any atom is 0.417 e. The van der Waals surface area contributed by atoms with Gasteiger partial charge in [-0.25, -0.2) is 0 Å². The van der Waals surface area contributed by atoms with Gasteiger partial charge in [0.05, 0.1) is 23.2 Å². The van der Waals surface area contributed by atoms with Gasteiger partial charge in [-0.1, -0.05) is 35.9 Å². The first-order chi connectivity index (χ1) is 15.2. The Kier molecular flexibility index (Phi) is 6.44. The number of carbonyl (C=O) groups excluding carboxylic acids is 2. The predicted octanol–water partition coefficient (Wildman–Crippen LogP) is 4.35. The highest BCUT2D eigenvalue weighted by Crippen LogP contribution is 2.36. The third-order valence-electron chi connectivity index (χ3n) is 5.95. The molecule has 2 aromatic rings. The summed E-state index contributed by atoms with van der Waals surface area (Å²) in [7, 11) is 0. The summed E-state index contributed by atoms with van der Waals surface area (Å²) >= 11 is 5.65. The number of likely N-dealkylation sites (tertiary alicyclic amines) is 1. The minimum Gasteiger partial charge on any atom is -0.341 e. The van der Waals surface area contributed by atoms with Crippen LogP contribution in [0.4, 0.5) is 18.9 Å². The maximum absolute atomic E-state index is 13.2. The van der Waals surface area contributed by atoms with Gasteiger partial charge in [-0.15, -0.1) is 0 Å². The number of fused-ring (bicyclic) bond motifs is 1. The minimum atomic E-state index is -4.62. The predicted molar refractivity (Wildman–Crippen MR) is 115 cm³/mol. The summed E-state index contributed by atoms with van der Waals surface area (Å²) in [5, 5.41) is 2.09. The van der Waals surface area contributed by atoms with E-state index in [0.717, 1.165) is 36.1 Å². The molecule has 5 nitrogen and oxygen atoms in total. The van der Waals surface area contributed by atoms with Crippen LogP contribution in [0.25, 0.3) is 0 Å². The molecule has 1 atom stereocenters. The number of nitrogens with zero attached hydrogens (tertiary/aromatic N) is 2. The number of rotatable bonds is 4. The number of anilines is 1. The zero-order valence-corrected chi connectivity index (χ0v) is 18.0. The number of hydrogen-bond acceptors (Lipinski definition) is 3. The Bertz CT molecular complexity index is 1020. The standard InChI is InChI=1S/C23H23ClF3N3O2/c24-19-8-7-17(12-18(19)23(25,26)27)28-21(31)14-30-13-16-6-2-1-5-15(16)11-20(30)22(32)29-9-3-4-10-29/h1-2,5-8,12,20H,3-4,9-11,13-14H2,(H,28,31)/t20-/m0/s1. The summed E-state index contributed by atoms with van der Waals surface area (Å²) in [6.45, 7) is 1.73. The topological polar surface area (TPSA) is 52.7 Å². The van der Waals surface area contributed by atoms with Gasteiger partial charge < -0.3 is 10.2 Å². The molecule has 170 valence electrons. The van der Waals surface area contributed by atoms with Gasteiger partial charge in [-0.3, -0.25) is 14.5 Å². The van der Waals surface area contributed by atoms with E-state index in [4.69, 9.17) is 11.6 Å². The fourth-order valence-electron chi connectivity index (χ4n) is 4.34. The molecule has 2 amide bonds. The van der Waals surface area contributed by atoms with E-state index in [1.165, 1.54) is 6.07 Å². The number of alkyl halides is 3. The number of benzene rings is 2. The molecule has 1 fully saturated rings. The molecule has 0 aromatic heterocycles. The smallest absolute Gasteiger partial charge is 0.341 e. The second-order valence-corrected chi connectivity index (χ2v) is 8.57. The number of nitrogens with one attached hydrogen (secondary N) is 1. The van der Waals surface area contributed by atoms with Gasteiger partial charge >= 0.3 is 6.18 Å². The first kappa shape index (κ1) is 22.6. The Morgan fingerprint density at radius 1 is 1.06 bits per heavy atom. The number of amides is 2. The molecule has 2 aromatic carbocycles. The van der Waals surface area contributed by atoms with Crippen molar-refractivity contribution in [1.82, 2.24) is 9.80 Å². The molecule has 9 heteroatoms. The molecule has 2 aliphatic rings. The molecule has 1 saturated heterocycles. The van der Waals surface area contributed by atoms with Crippen LogP contribution in [0, 0.1) is 0 Å². The highest BCUT2D eigenvalue weighted by Gasteiger charge is 2.36. The van der Waals surface area contributed by atoms with Gasteiger partial charge in [0, 0.05) is 25.3 Å². The van der Waals surface area contributed by atoms with E-state index in [1.54, 1.807) is 4.90 Å². The highest BCUT2D eigenvalue weighted by atomic mass is 35.5. The van der Waals surface area contributed by atoms with Gasteiger partial charge in [0.15, 0.2) is 0 Å². The molecule has 2 aliphatic heterocycles. The zero-order valence-electron chi connectivity index (χ0n) is 17.3. The molecule has 1 N–H and O–H groups in total. The Morgan fingerprint density at radius 3 is 2.44 bits per heavy atom. The van der Waals surface area contributed by atoms with Crippen molar-refractivity contribution < 1.29 is 22.8 Å². The average molecular weight is 466 g/mol.